The van der Waals surface area contributed by atoms with Gasteiger partial charge in [-0.3, -0.25) is 29.2 Å². The monoisotopic (exact) mass is 476 g/mol. The van der Waals surface area contributed by atoms with Crippen molar-refractivity contribution in [3.8, 4) is 5.69 Å². The zero-order valence-electron chi connectivity index (χ0n) is 19.5. The Morgan fingerprint density at radius 1 is 1.20 bits per heavy atom. The van der Waals surface area contributed by atoms with E-state index in [2.05, 4.69) is 26.0 Å². The average Bonchev–Trinajstić information content (AvgIpc) is 3.52. The highest BCUT2D eigenvalue weighted by Crippen LogP contribution is 2.29. The number of piperidine rings is 1. The molecule has 180 valence electrons. The molecule has 0 aliphatic carbocycles. The molecule has 3 aromatic rings. The highest BCUT2D eigenvalue weighted by Gasteiger charge is 2.39. The first-order chi connectivity index (χ1) is 16.7. The minimum absolute atomic E-state index is 0.110. The van der Waals surface area contributed by atoms with Gasteiger partial charge in [-0.15, -0.1) is 5.10 Å². The van der Waals surface area contributed by atoms with Crippen LogP contribution in [0.4, 0.5) is 5.69 Å². The van der Waals surface area contributed by atoms with E-state index in [1.54, 1.807) is 29.1 Å². The van der Waals surface area contributed by atoms with Gasteiger partial charge in [-0.2, -0.15) is 5.10 Å². The van der Waals surface area contributed by atoms with Gasteiger partial charge in [0.15, 0.2) is 5.69 Å². The predicted molar refractivity (Wildman–Crippen MR) is 123 cm³/mol. The first kappa shape index (κ1) is 22.4. The van der Waals surface area contributed by atoms with Crippen molar-refractivity contribution >= 4 is 29.3 Å². The van der Waals surface area contributed by atoms with Crippen LogP contribution in [0.15, 0.2) is 30.6 Å². The highest BCUT2D eigenvalue weighted by molar-refractivity contribution is 6.05. The zero-order chi connectivity index (χ0) is 24.9. The number of amides is 4. The molecular formula is C23H24N8O4. The maximum atomic E-state index is 13.0. The molecule has 1 atom stereocenters. The lowest BCUT2D eigenvalue weighted by Gasteiger charge is -2.29. The van der Waals surface area contributed by atoms with E-state index in [1.165, 1.54) is 15.8 Å². The third-order valence-corrected chi connectivity index (χ3v) is 6.20. The summed E-state index contributed by atoms with van der Waals surface area (Å²) in [4.78, 5) is 50.9. The van der Waals surface area contributed by atoms with Gasteiger partial charge in [-0.25, -0.2) is 4.68 Å². The summed E-state index contributed by atoms with van der Waals surface area (Å²) in [5, 5.41) is 17.5. The average molecular weight is 476 g/mol. The summed E-state index contributed by atoms with van der Waals surface area (Å²) >= 11 is 0. The van der Waals surface area contributed by atoms with Crippen LogP contribution in [0.25, 0.3) is 5.69 Å². The lowest BCUT2D eigenvalue weighted by atomic mass is 10.0. The Bertz CT molecular complexity index is 1370. The number of aryl methyl sites for hydroxylation is 1. The van der Waals surface area contributed by atoms with Crippen molar-refractivity contribution in [3.63, 3.8) is 0 Å². The summed E-state index contributed by atoms with van der Waals surface area (Å²) in [5.74, 6) is -1.49. The molecule has 1 fully saturated rings. The normalized spacial score (nSPS) is 17.7. The quantitative estimate of drug-likeness (QED) is 0.529. The van der Waals surface area contributed by atoms with Gasteiger partial charge in [-0.05, 0) is 44.9 Å². The molecule has 35 heavy (non-hydrogen) atoms. The number of benzene rings is 1. The van der Waals surface area contributed by atoms with Gasteiger partial charge >= 0.3 is 0 Å². The number of rotatable bonds is 5. The van der Waals surface area contributed by atoms with Crippen molar-refractivity contribution in [2.75, 3.05) is 5.32 Å². The molecule has 1 saturated heterocycles. The lowest BCUT2D eigenvalue weighted by molar-refractivity contribution is -0.136. The van der Waals surface area contributed by atoms with E-state index in [0.29, 0.717) is 29.1 Å². The maximum Gasteiger partial charge on any atom is 0.277 e. The number of carbonyl (C=O) groups excluding carboxylic acids is 4. The predicted octanol–water partition coefficient (Wildman–Crippen LogP) is 1.37. The molecule has 0 bridgehead atoms. The fourth-order valence-electron chi connectivity index (χ4n) is 4.23. The second-order valence-corrected chi connectivity index (χ2v) is 8.95. The molecule has 12 nitrogen and oxygen atoms in total. The van der Waals surface area contributed by atoms with E-state index in [1.807, 2.05) is 20.8 Å². The Labute approximate surface area is 200 Å². The van der Waals surface area contributed by atoms with Crippen molar-refractivity contribution in [2.45, 2.75) is 52.2 Å². The Hall–Kier alpha value is -4.35. The number of aromatic nitrogens is 5. The van der Waals surface area contributed by atoms with Crippen LogP contribution in [0, 0.1) is 6.92 Å². The second-order valence-electron chi connectivity index (χ2n) is 8.95. The molecule has 0 spiro atoms. The molecule has 12 heteroatoms. The molecule has 2 aliphatic rings. The van der Waals surface area contributed by atoms with Gasteiger partial charge in [0.1, 0.15) is 6.04 Å². The van der Waals surface area contributed by atoms with Gasteiger partial charge in [0, 0.05) is 30.8 Å². The van der Waals surface area contributed by atoms with Crippen LogP contribution in [0.2, 0.25) is 0 Å². The molecule has 4 amide bonds. The molecule has 4 heterocycles. The second kappa shape index (κ2) is 8.46. The van der Waals surface area contributed by atoms with Crippen LogP contribution in [0.3, 0.4) is 0 Å². The minimum atomic E-state index is -0.679. The summed E-state index contributed by atoms with van der Waals surface area (Å²) in [5.41, 5.74) is 3.17. The molecule has 2 N–H and O–H groups in total. The minimum Gasteiger partial charge on any atom is -0.322 e. The third-order valence-electron chi connectivity index (χ3n) is 6.20. The fraction of sp³-hybridized carbons (Fsp3) is 0.348. The number of nitrogens with zero attached hydrogens (tertiary/aromatic N) is 6. The number of anilines is 1. The Kier molecular flexibility index (Phi) is 5.42. The number of carbonyl (C=O) groups is 4. The van der Waals surface area contributed by atoms with Crippen LogP contribution >= 0.6 is 0 Å². The number of hydrogen-bond donors (Lipinski definition) is 2. The van der Waals surface area contributed by atoms with E-state index in [4.69, 9.17) is 0 Å². The first-order valence-corrected chi connectivity index (χ1v) is 11.3. The molecule has 0 radical (unpaired) electrons. The van der Waals surface area contributed by atoms with Crippen molar-refractivity contribution in [1.82, 2.24) is 35.0 Å². The van der Waals surface area contributed by atoms with Crippen molar-refractivity contribution in [1.29, 1.82) is 0 Å². The Balaban J connectivity index is 1.33. The number of nitrogens with one attached hydrogen (secondary N) is 2. The van der Waals surface area contributed by atoms with Crippen LogP contribution < -0.4 is 10.6 Å². The van der Waals surface area contributed by atoms with Crippen LogP contribution in [-0.2, 0) is 16.1 Å². The van der Waals surface area contributed by atoms with Gasteiger partial charge in [0.25, 0.3) is 11.8 Å². The summed E-state index contributed by atoms with van der Waals surface area (Å²) in [6.07, 6.45) is 3.75. The van der Waals surface area contributed by atoms with Crippen molar-refractivity contribution < 1.29 is 19.2 Å². The van der Waals surface area contributed by atoms with Crippen LogP contribution in [-0.4, -0.2) is 59.3 Å². The lowest BCUT2D eigenvalue weighted by Crippen LogP contribution is -2.52. The fourth-order valence-corrected chi connectivity index (χ4v) is 4.23. The summed E-state index contributed by atoms with van der Waals surface area (Å²) in [6, 6.07) is 4.71. The van der Waals surface area contributed by atoms with E-state index in [9.17, 15) is 19.2 Å². The number of hydrogen-bond acceptors (Lipinski definition) is 7. The van der Waals surface area contributed by atoms with Crippen molar-refractivity contribution in [3.05, 3.63) is 53.1 Å². The topological polar surface area (TPSA) is 144 Å². The highest BCUT2D eigenvalue weighted by atomic mass is 16.2. The third kappa shape index (κ3) is 4.07. The summed E-state index contributed by atoms with van der Waals surface area (Å²) in [7, 11) is 0. The molecule has 2 aliphatic heterocycles. The summed E-state index contributed by atoms with van der Waals surface area (Å²) in [6.45, 7) is 6.09. The number of fused-ring (bicyclic) bond motifs is 1. The van der Waals surface area contributed by atoms with Gasteiger partial charge < -0.3 is 10.2 Å². The van der Waals surface area contributed by atoms with E-state index in [-0.39, 0.29) is 36.5 Å². The van der Waals surface area contributed by atoms with Gasteiger partial charge in [0.05, 0.1) is 23.3 Å². The first-order valence-electron chi connectivity index (χ1n) is 11.3. The zero-order valence-corrected chi connectivity index (χ0v) is 19.5. The molecule has 5 rings (SSSR count). The molecule has 1 unspecified atom stereocenters. The Morgan fingerprint density at radius 2 is 2.00 bits per heavy atom. The van der Waals surface area contributed by atoms with Crippen LogP contribution in [0.1, 0.15) is 64.8 Å². The maximum absolute atomic E-state index is 13.0. The molecule has 1 aromatic carbocycles. The molecule has 0 saturated carbocycles. The molecule has 2 aromatic heterocycles. The number of imide groups is 1. The van der Waals surface area contributed by atoms with Crippen LogP contribution in [0.5, 0.6) is 0 Å². The van der Waals surface area contributed by atoms with E-state index < -0.39 is 17.9 Å². The SMILES string of the molecule is Cc1nn(C(C)C)cc1NC(=O)c1cn(-c2ccc3c(c2)C(=O)N(C2CCC(=O)NC2=O)C3)nn1. The van der Waals surface area contributed by atoms with E-state index in [0.717, 1.165) is 5.56 Å². The standard InChI is InChI=1S/C23H24N8O4/c1-12(2)30-10-17(13(3)27-30)24-21(33)18-11-31(28-26-18)15-5-4-14-9-29(23(35)16(14)8-15)19-6-7-20(32)25-22(19)34/h4-5,8,10-12,19H,6-7,9H2,1-3H3,(H,24,33)(H,25,32,34). The smallest absolute Gasteiger partial charge is 0.277 e. The van der Waals surface area contributed by atoms with Gasteiger partial charge in [0.2, 0.25) is 11.8 Å². The van der Waals surface area contributed by atoms with Gasteiger partial charge in [-0.1, -0.05) is 11.3 Å². The molecular weight excluding hydrogens is 452 g/mol. The Morgan fingerprint density at radius 3 is 2.71 bits per heavy atom. The van der Waals surface area contributed by atoms with Crippen molar-refractivity contribution in [2.24, 2.45) is 0 Å². The largest absolute Gasteiger partial charge is 0.322 e. The van der Waals surface area contributed by atoms with E-state index >= 15 is 0 Å². The summed E-state index contributed by atoms with van der Waals surface area (Å²) < 4.78 is 3.18.